The van der Waals surface area contributed by atoms with E-state index in [9.17, 15) is 23.1 Å². The second-order valence-corrected chi connectivity index (χ2v) is 5.10. The van der Waals surface area contributed by atoms with Gasteiger partial charge in [-0.05, 0) is 30.7 Å². The highest BCUT2D eigenvalue weighted by Gasteiger charge is 2.31. The third-order valence-corrected chi connectivity index (χ3v) is 3.25. The van der Waals surface area contributed by atoms with Gasteiger partial charge in [-0.3, -0.25) is 4.79 Å². The Labute approximate surface area is 141 Å². The number of hydrogen-bond acceptors (Lipinski definition) is 2. The Balaban J connectivity index is 2.81. The highest BCUT2D eigenvalue weighted by molar-refractivity contribution is 6.10. The summed E-state index contributed by atoms with van der Waals surface area (Å²) in [4.78, 5) is 19.0. The third-order valence-electron chi connectivity index (χ3n) is 3.25. The van der Waals surface area contributed by atoms with Crippen molar-refractivity contribution in [2.75, 3.05) is 0 Å². The molecule has 3 N–H and O–H groups in total. The molecular formula is C17H12F3N3O2. The van der Waals surface area contributed by atoms with Gasteiger partial charge in [-0.1, -0.05) is 18.2 Å². The molecule has 0 fully saturated rings. The summed E-state index contributed by atoms with van der Waals surface area (Å²) in [6.45, 7) is 8.55. The number of halogens is 3. The fourth-order valence-electron chi connectivity index (χ4n) is 2.25. The minimum atomic E-state index is -4.60. The van der Waals surface area contributed by atoms with Crippen LogP contribution in [-0.4, -0.2) is 16.8 Å². The zero-order chi connectivity index (χ0) is 18.8. The monoisotopic (exact) mass is 347 g/mol. The molecule has 8 heteroatoms. The molecule has 0 spiro atoms. The SMILES string of the molecule is [C-]#[N+]c1ccc(O)c(C(=O)N=C(C)N)c1-c1cccc(C(F)(F)F)c1. The van der Waals surface area contributed by atoms with Gasteiger partial charge in [-0.15, -0.1) is 0 Å². The first kappa shape index (κ1) is 18.0. The van der Waals surface area contributed by atoms with E-state index in [-0.39, 0.29) is 28.2 Å². The average Bonchev–Trinajstić information content (AvgIpc) is 2.53. The molecular weight excluding hydrogens is 335 g/mol. The van der Waals surface area contributed by atoms with Crippen LogP contribution in [0.5, 0.6) is 5.75 Å². The van der Waals surface area contributed by atoms with Gasteiger partial charge in [0, 0.05) is 5.56 Å². The lowest BCUT2D eigenvalue weighted by atomic mass is 9.95. The van der Waals surface area contributed by atoms with Gasteiger partial charge in [0.1, 0.15) is 11.6 Å². The van der Waals surface area contributed by atoms with E-state index < -0.39 is 23.4 Å². The molecule has 0 aliphatic heterocycles. The molecule has 2 aromatic carbocycles. The maximum absolute atomic E-state index is 13.0. The normalized spacial score (nSPS) is 11.9. The van der Waals surface area contributed by atoms with E-state index in [1.807, 2.05) is 0 Å². The largest absolute Gasteiger partial charge is 0.507 e. The van der Waals surface area contributed by atoms with Crippen LogP contribution in [0, 0.1) is 6.57 Å². The van der Waals surface area contributed by atoms with Gasteiger partial charge in [0.25, 0.3) is 5.91 Å². The summed E-state index contributed by atoms with van der Waals surface area (Å²) in [7, 11) is 0. The number of carbonyl (C=O) groups excluding carboxylic acids is 1. The number of aliphatic imine (C=N–C) groups is 1. The molecule has 0 aliphatic carbocycles. The Morgan fingerprint density at radius 3 is 2.52 bits per heavy atom. The molecule has 1 amide bonds. The van der Waals surface area contributed by atoms with Crippen LogP contribution in [0.4, 0.5) is 18.9 Å². The van der Waals surface area contributed by atoms with E-state index in [0.717, 1.165) is 24.3 Å². The Kier molecular flexibility index (Phi) is 4.79. The molecule has 0 saturated heterocycles. The number of amidine groups is 1. The molecule has 0 aromatic heterocycles. The number of aromatic hydroxyl groups is 1. The zero-order valence-electron chi connectivity index (χ0n) is 12.9. The Morgan fingerprint density at radius 1 is 1.28 bits per heavy atom. The molecule has 0 bridgehead atoms. The summed E-state index contributed by atoms with van der Waals surface area (Å²) in [6.07, 6.45) is -4.60. The number of hydrogen-bond donors (Lipinski definition) is 2. The maximum atomic E-state index is 13.0. The van der Waals surface area contributed by atoms with Crippen LogP contribution < -0.4 is 5.73 Å². The minimum Gasteiger partial charge on any atom is -0.507 e. The average molecular weight is 347 g/mol. The molecule has 0 saturated carbocycles. The van der Waals surface area contributed by atoms with Gasteiger partial charge in [-0.25, -0.2) is 4.85 Å². The van der Waals surface area contributed by atoms with Crippen LogP contribution in [-0.2, 0) is 6.18 Å². The van der Waals surface area contributed by atoms with Crippen molar-refractivity contribution in [3.8, 4) is 16.9 Å². The number of carbonyl (C=O) groups is 1. The number of alkyl halides is 3. The van der Waals surface area contributed by atoms with Gasteiger partial charge >= 0.3 is 6.18 Å². The fourth-order valence-corrected chi connectivity index (χ4v) is 2.25. The summed E-state index contributed by atoms with van der Waals surface area (Å²) in [5, 5.41) is 10.0. The van der Waals surface area contributed by atoms with Crippen LogP contribution in [0.1, 0.15) is 22.8 Å². The first-order valence-corrected chi connectivity index (χ1v) is 6.91. The fraction of sp³-hybridized carbons (Fsp3) is 0.118. The summed E-state index contributed by atoms with van der Waals surface area (Å²) in [5.74, 6) is -1.54. The Bertz CT molecular complexity index is 908. The summed E-state index contributed by atoms with van der Waals surface area (Å²) in [6, 6.07) is 6.47. The quantitative estimate of drug-likeness (QED) is 0.487. The van der Waals surface area contributed by atoms with Gasteiger partial charge in [0.15, 0.2) is 5.69 Å². The van der Waals surface area contributed by atoms with Crippen molar-refractivity contribution >= 4 is 17.4 Å². The van der Waals surface area contributed by atoms with E-state index in [1.165, 1.54) is 19.1 Å². The molecule has 5 nitrogen and oxygen atoms in total. The highest BCUT2D eigenvalue weighted by atomic mass is 19.4. The lowest BCUT2D eigenvalue weighted by Crippen LogP contribution is -2.10. The number of benzene rings is 2. The molecule has 2 aromatic rings. The van der Waals surface area contributed by atoms with Crippen molar-refractivity contribution in [2.24, 2.45) is 10.7 Å². The molecule has 0 atom stereocenters. The van der Waals surface area contributed by atoms with Crippen molar-refractivity contribution in [1.29, 1.82) is 0 Å². The van der Waals surface area contributed by atoms with E-state index >= 15 is 0 Å². The van der Waals surface area contributed by atoms with E-state index in [1.54, 1.807) is 0 Å². The summed E-state index contributed by atoms with van der Waals surface area (Å²) < 4.78 is 38.9. The first-order valence-electron chi connectivity index (χ1n) is 6.91. The smallest absolute Gasteiger partial charge is 0.416 e. The zero-order valence-corrected chi connectivity index (χ0v) is 12.9. The first-order chi connectivity index (χ1) is 11.6. The highest BCUT2D eigenvalue weighted by Crippen LogP contribution is 2.41. The number of nitrogens with zero attached hydrogens (tertiary/aromatic N) is 2. The number of amides is 1. The number of rotatable bonds is 2. The minimum absolute atomic E-state index is 0.0371. The predicted molar refractivity (Wildman–Crippen MR) is 86.4 cm³/mol. The van der Waals surface area contributed by atoms with E-state index in [4.69, 9.17) is 12.3 Å². The predicted octanol–water partition coefficient (Wildman–Crippen LogP) is 4.15. The van der Waals surface area contributed by atoms with Crippen LogP contribution in [0.15, 0.2) is 41.4 Å². The molecule has 0 aliphatic rings. The van der Waals surface area contributed by atoms with Crippen molar-refractivity contribution in [2.45, 2.75) is 13.1 Å². The van der Waals surface area contributed by atoms with Gasteiger partial charge in [-0.2, -0.15) is 18.2 Å². The topological polar surface area (TPSA) is 80.0 Å². The lowest BCUT2D eigenvalue weighted by Gasteiger charge is -2.14. The number of phenols is 1. The van der Waals surface area contributed by atoms with Crippen LogP contribution in [0.2, 0.25) is 0 Å². The van der Waals surface area contributed by atoms with E-state index in [0.29, 0.717) is 0 Å². The third kappa shape index (κ3) is 3.77. The van der Waals surface area contributed by atoms with E-state index in [2.05, 4.69) is 9.84 Å². The standard InChI is InChI=1S/C17H12F3N3O2/c1-9(21)23-16(25)15-13(24)7-6-12(22-2)14(15)10-4-3-5-11(8-10)17(18,19)20/h3-8,24H,1H3,(H2,21,23,25). The Hall–Kier alpha value is -3.34. The van der Waals surface area contributed by atoms with Crippen LogP contribution in [0.3, 0.4) is 0 Å². The van der Waals surface area contributed by atoms with Crippen molar-refractivity contribution in [3.63, 3.8) is 0 Å². The van der Waals surface area contributed by atoms with Gasteiger partial charge in [0.2, 0.25) is 0 Å². The van der Waals surface area contributed by atoms with Crippen molar-refractivity contribution in [3.05, 3.63) is 58.9 Å². The molecule has 128 valence electrons. The molecule has 25 heavy (non-hydrogen) atoms. The molecule has 0 unspecified atom stereocenters. The van der Waals surface area contributed by atoms with Gasteiger partial charge in [0.05, 0.1) is 17.7 Å². The van der Waals surface area contributed by atoms with Crippen molar-refractivity contribution < 1.29 is 23.1 Å². The second kappa shape index (κ2) is 6.65. The number of nitrogens with two attached hydrogens (primary N) is 1. The lowest BCUT2D eigenvalue weighted by molar-refractivity contribution is -0.137. The summed E-state index contributed by atoms with van der Waals surface area (Å²) in [5.41, 5.74) is 3.78. The van der Waals surface area contributed by atoms with Crippen LogP contribution >= 0.6 is 0 Å². The van der Waals surface area contributed by atoms with Crippen LogP contribution in [0.25, 0.3) is 16.0 Å². The number of phenolic OH excluding ortho intramolecular Hbond substituents is 1. The molecule has 0 radical (unpaired) electrons. The maximum Gasteiger partial charge on any atom is 0.416 e. The summed E-state index contributed by atoms with van der Waals surface area (Å²) >= 11 is 0. The van der Waals surface area contributed by atoms with Gasteiger partial charge < -0.3 is 10.8 Å². The second-order valence-electron chi connectivity index (χ2n) is 5.10. The molecule has 0 heterocycles. The Morgan fingerprint density at radius 2 is 1.96 bits per heavy atom. The van der Waals surface area contributed by atoms with Crippen molar-refractivity contribution in [1.82, 2.24) is 0 Å². The molecule has 2 rings (SSSR count).